The van der Waals surface area contributed by atoms with E-state index in [0.29, 0.717) is 42.3 Å². The molecule has 1 fully saturated rings. The molecule has 1 heterocycles. The number of para-hydroxylation sites is 1. The molecule has 31 heavy (non-hydrogen) atoms. The molecule has 4 rings (SSSR count). The van der Waals surface area contributed by atoms with E-state index in [4.69, 9.17) is 16.3 Å². The highest BCUT2D eigenvalue weighted by Gasteiger charge is 2.27. The highest BCUT2D eigenvalue weighted by molar-refractivity contribution is 6.30. The molecule has 0 aromatic heterocycles. The van der Waals surface area contributed by atoms with E-state index in [0.717, 1.165) is 11.4 Å². The first-order valence-corrected chi connectivity index (χ1v) is 10.6. The van der Waals surface area contributed by atoms with Crippen LogP contribution < -0.4 is 10.1 Å². The van der Waals surface area contributed by atoms with E-state index in [1.54, 1.807) is 29.2 Å². The van der Waals surface area contributed by atoms with Crippen LogP contribution in [-0.4, -0.2) is 29.8 Å². The smallest absolute Gasteiger partial charge is 0.253 e. The van der Waals surface area contributed by atoms with Crippen molar-refractivity contribution in [2.75, 3.05) is 18.4 Å². The molecule has 0 saturated carbocycles. The lowest BCUT2D eigenvalue weighted by molar-refractivity contribution is -0.121. The van der Waals surface area contributed by atoms with Gasteiger partial charge in [0, 0.05) is 35.3 Å². The molecule has 3 aromatic carbocycles. The van der Waals surface area contributed by atoms with Crippen molar-refractivity contribution >= 4 is 29.1 Å². The SMILES string of the molecule is O=C(Nc1ccc(Oc2ccccc2)cc1)C1CCN(C(=O)c2ccc(Cl)cc2)CC1. The summed E-state index contributed by atoms with van der Waals surface area (Å²) in [5, 5.41) is 3.58. The fourth-order valence-corrected chi connectivity index (χ4v) is 3.72. The highest BCUT2D eigenvalue weighted by atomic mass is 35.5. The van der Waals surface area contributed by atoms with Crippen molar-refractivity contribution in [2.45, 2.75) is 12.8 Å². The summed E-state index contributed by atoms with van der Waals surface area (Å²) in [5.74, 6) is 1.31. The third-order valence-corrected chi connectivity index (χ3v) is 5.60. The van der Waals surface area contributed by atoms with Crippen molar-refractivity contribution in [3.63, 3.8) is 0 Å². The van der Waals surface area contributed by atoms with Crippen LogP contribution in [0.2, 0.25) is 5.02 Å². The molecule has 0 unspecified atom stereocenters. The predicted octanol–water partition coefficient (Wildman–Crippen LogP) is 5.62. The van der Waals surface area contributed by atoms with Gasteiger partial charge in [-0.2, -0.15) is 0 Å². The number of carbonyl (C=O) groups is 2. The Balaban J connectivity index is 1.28. The van der Waals surface area contributed by atoms with Crippen LogP contribution in [0.1, 0.15) is 23.2 Å². The van der Waals surface area contributed by atoms with Crippen molar-refractivity contribution in [1.82, 2.24) is 4.90 Å². The number of amides is 2. The van der Waals surface area contributed by atoms with Gasteiger partial charge < -0.3 is 15.0 Å². The Morgan fingerprint density at radius 1 is 0.839 bits per heavy atom. The normalized spacial score (nSPS) is 14.2. The van der Waals surface area contributed by atoms with Crippen molar-refractivity contribution in [3.05, 3.63) is 89.4 Å². The minimum absolute atomic E-state index is 0.0182. The zero-order valence-electron chi connectivity index (χ0n) is 17.0. The van der Waals surface area contributed by atoms with Crippen molar-refractivity contribution in [2.24, 2.45) is 5.92 Å². The molecule has 6 heteroatoms. The van der Waals surface area contributed by atoms with Crippen LogP contribution in [0.3, 0.4) is 0 Å². The Labute approximate surface area is 186 Å². The number of hydrogen-bond acceptors (Lipinski definition) is 3. The first-order valence-electron chi connectivity index (χ1n) is 10.3. The van der Waals surface area contributed by atoms with Gasteiger partial charge in [0.25, 0.3) is 5.91 Å². The molecule has 0 spiro atoms. The third kappa shape index (κ3) is 5.44. The van der Waals surface area contributed by atoms with Crippen LogP contribution in [0.25, 0.3) is 0 Å². The van der Waals surface area contributed by atoms with Gasteiger partial charge in [-0.25, -0.2) is 0 Å². The van der Waals surface area contributed by atoms with E-state index in [-0.39, 0.29) is 17.7 Å². The average molecular weight is 435 g/mol. The summed E-state index contributed by atoms with van der Waals surface area (Å²) in [6, 6.07) is 23.7. The van der Waals surface area contributed by atoms with Gasteiger partial charge in [0.15, 0.2) is 0 Å². The summed E-state index contributed by atoms with van der Waals surface area (Å²) >= 11 is 5.89. The molecule has 5 nitrogen and oxygen atoms in total. The Morgan fingerprint density at radius 2 is 1.45 bits per heavy atom. The minimum Gasteiger partial charge on any atom is -0.457 e. The summed E-state index contributed by atoms with van der Waals surface area (Å²) in [5.41, 5.74) is 1.34. The number of nitrogens with zero attached hydrogens (tertiary/aromatic N) is 1. The van der Waals surface area contributed by atoms with E-state index in [1.165, 1.54) is 0 Å². The molecule has 1 saturated heterocycles. The average Bonchev–Trinajstić information content (AvgIpc) is 2.81. The summed E-state index contributed by atoms with van der Waals surface area (Å²) in [6.07, 6.45) is 1.28. The van der Waals surface area contributed by atoms with Gasteiger partial charge >= 0.3 is 0 Å². The van der Waals surface area contributed by atoms with Gasteiger partial charge in [-0.05, 0) is 73.5 Å². The first kappa shape index (κ1) is 20.9. The zero-order chi connectivity index (χ0) is 21.6. The topological polar surface area (TPSA) is 58.6 Å². The van der Waals surface area contributed by atoms with Crippen LogP contribution in [0.15, 0.2) is 78.9 Å². The van der Waals surface area contributed by atoms with Gasteiger partial charge in [-0.3, -0.25) is 9.59 Å². The lowest BCUT2D eigenvalue weighted by Gasteiger charge is -2.31. The van der Waals surface area contributed by atoms with Gasteiger partial charge in [-0.1, -0.05) is 29.8 Å². The monoisotopic (exact) mass is 434 g/mol. The first-order chi connectivity index (χ1) is 15.1. The number of carbonyl (C=O) groups excluding carboxylic acids is 2. The van der Waals surface area contributed by atoms with Crippen LogP contribution in [0, 0.1) is 5.92 Å². The number of nitrogens with one attached hydrogen (secondary N) is 1. The number of anilines is 1. The van der Waals surface area contributed by atoms with E-state index < -0.39 is 0 Å². The van der Waals surface area contributed by atoms with E-state index in [9.17, 15) is 9.59 Å². The predicted molar refractivity (Wildman–Crippen MR) is 122 cm³/mol. The number of rotatable bonds is 5. The lowest BCUT2D eigenvalue weighted by Crippen LogP contribution is -2.41. The van der Waals surface area contributed by atoms with Gasteiger partial charge in [0.2, 0.25) is 5.91 Å². The molecule has 0 atom stereocenters. The number of likely N-dealkylation sites (tertiary alicyclic amines) is 1. The second-order valence-electron chi connectivity index (χ2n) is 7.50. The van der Waals surface area contributed by atoms with Gasteiger partial charge in [0.05, 0.1) is 0 Å². The van der Waals surface area contributed by atoms with Gasteiger partial charge in [-0.15, -0.1) is 0 Å². The lowest BCUT2D eigenvalue weighted by atomic mass is 9.95. The zero-order valence-corrected chi connectivity index (χ0v) is 17.7. The number of ether oxygens (including phenoxy) is 1. The van der Waals surface area contributed by atoms with Crippen molar-refractivity contribution in [3.8, 4) is 11.5 Å². The Hall–Kier alpha value is -3.31. The standard InChI is InChI=1S/C25H23ClN2O3/c26-20-8-6-19(7-9-20)25(30)28-16-14-18(15-17-28)24(29)27-21-10-12-23(13-11-21)31-22-4-2-1-3-5-22/h1-13,18H,14-17H2,(H,27,29). The molecular weight excluding hydrogens is 412 g/mol. The largest absolute Gasteiger partial charge is 0.457 e. The molecular formula is C25H23ClN2O3. The minimum atomic E-state index is -0.116. The van der Waals surface area contributed by atoms with Gasteiger partial charge in [0.1, 0.15) is 11.5 Å². The van der Waals surface area contributed by atoms with Crippen LogP contribution in [0.4, 0.5) is 5.69 Å². The quantitative estimate of drug-likeness (QED) is 0.566. The number of halogens is 1. The van der Waals surface area contributed by atoms with E-state index >= 15 is 0 Å². The van der Waals surface area contributed by atoms with Crippen molar-refractivity contribution < 1.29 is 14.3 Å². The summed E-state index contributed by atoms with van der Waals surface area (Å²) in [6.45, 7) is 1.12. The number of hydrogen-bond donors (Lipinski definition) is 1. The fraction of sp³-hybridized carbons (Fsp3) is 0.200. The Kier molecular flexibility index (Phi) is 6.53. The second-order valence-corrected chi connectivity index (χ2v) is 7.94. The van der Waals surface area contributed by atoms with Crippen LogP contribution in [-0.2, 0) is 4.79 Å². The highest BCUT2D eigenvalue weighted by Crippen LogP contribution is 2.25. The maximum atomic E-state index is 12.7. The molecule has 1 aliphatic rings. The van der Waals surface area contributed by atoms with Crippen molar-refractivity contribution in [1.29, 1.82) is 0 Å². The Bertz CT molecular complexity index is 1030. The molecule has 3 aromatic rings. The molecule has 2 amide bonds. The molecule has 0 aliphatic carbocycles. The summed E-state index contributed by atoms with van der Waals surface area (Å²) in [7, 11) is 0. The molecule has 1 N–H and O–H groups in total. The van der Waals surface area contributed by atoms with Crippen LogP contribution in [0.5, 0.6) is 11.5 Å². The Morgan fingerprint density at radius 3 is 2.10 bits per heavy atom. The van der Waals surface area contributed by atoms with E-state index in [2.05, 4.69) is 5.32 Å². The van der Waals surface area contributed by atoms with E-state index in [1.807, 2.05) is 54.6 Å². The number of piperidine rings is 1. The summed E-state index contributed by atoms with van der Waals surface area (Å²) < 4.78 is 5.77. The molecule has 0 radical (unpaired) electrons. The second kappa shape index (κ2) is 9.67. The molecule has 158 valence electrons. The third-order valence-electron chi connectivity index (χ3n) is 5.34. The number of benzene rings is 3. The maximum Gasteiger partial charge on any atom is 0.253 e. The van der Waals surface area contributed by atoms with Crippen LogP contribution >= 0.6 is 11.6 Å². The summed E-state index contributed by atoms with van der Waals surface area (Å²) in [4.78, 5) is 27.1. The fourth-order valence-electron chi connectivity index (χ4n) is 3.60. The molecule has 1 aliphatic heterocycles. The molecule has 0 bridgehead atoms. The maximum absolute atomic E-state index is 12.7.